The minimum Gasteiger partial charge on any atom is -0.325 e. The molecular formula is C11H8ClF3N4. The second-order valence-electron chi connectivity index (χ2n) is 3.64. The highest BCUT2D eigenvalue weighted by atomic mass is 35.5. The summed E-state index contributed by atoms with van der Waals surface area (Å²) >= 11 is 5.92. The van der Waals surface area contributed by atoms with Gasteiger partial charge in [0.2, 0.25) is 0 Å². The van der Waals surface area contributed by atoms with Gasteiger partial charge in [-0.2, -0.15) is 13.2 Å². The molecule has 0 spiro atoms. The first-order chi connectivity index (χ1) is 8.91. The van der Waals surface area contributed by atoms with Crippen molar-refractivity contribution in [3.05, 3.63) is 41.1 Å². The fourth-order valence-electron chi connectivity index (χ4n) is 1.40. The monoisotopic (exact) mass is 288 g/mol. The molecule has 0 radical (unpaired) electrons. The van der Waals surface area contributed by atoms with Crippen molar-refractivity contribution in [3.63, 3.8) is 0 Å². The molecule has 2 N–H and O–H groups in total. The highest BCUT2D eigenvalue weighted by molar-refractivity contribution is 6.33. The van der Waals surface area contributed by atoms with Crippen LogP contribution in [-0.2, 0) is 12.7 Å². The van der Waals surface area contributed by atoms with E-state index in [1.165, 1.54) is 6.20 Å². The third kappa shape index (κ3) is 2.99. The highest BCUT2D eigenvalue weighted by Gasteiger charge is 2.32. The summed E-state index contributed by atoms with van der Waals surface area (Å²) in [5, 5.41) is 0.270. The summed E-state index contributed by atoms with van der Waals surface area (Å²) in [6.45, 7) is 0.193. The third-order valence-corrected chi connectivity index (χ3v) is 2.64. The summed E-state index contributed by atoms with van der Waals surface area (Å²) in [7, 11) is 0. The van der Waals surface area contributed by atoms with Crippen LogP contribution in [0.1, 0.15) is 11.4 Å². The molecule has 0 aliphatic heterocycles. The van der Waals surface area contributed by atoms with Crippen LogP contribution in [0.15, 0.2) is 24.7 Å². The van der Waals surface area contributed by atoms with E-state index in [2.05, 4.69) is 15.0 Å². The molecule has 4 nitrogen and oxygen atoms in total. The number of pyridine rings is 1. The van der Waals surface area contributed by atoms with Crippen molar-refractivity contribution in [3.8, 4) is 11.3 Å². The first kappa shape index (κ1) is 13.7. The first-order valence-electron chi connectivity index (χ1n) is 5.16. The second-order valence-corrected chi connectivity index (χ2v) is 4.05. The molecule has 0 bridgehead atoms. The van der Waals surface area contributed by atoms with Gasteiger partial charge in [-0.3, -0.25) is 9.97 Å². The van der Waals surface area contributed by atoms with Crippen LogP contribution in [-0.4, -0.2) is 15.0 Å². The van der Waals surface area contributed by atoms with Crippen molar-refractivity contribution in [2.45, 2.75) is 12.7 Å². The van der Waals surface area contributed by atoms with Crippen LogP contribution in [0.3, 0.4) is 0 Å². The molecule has 0 fully saturated rings. The smallest absolute Gasteiger partial charge is 0.325 e. The van der Waals surface area contributed by atoms with Crippen molar-refractivity contribution in [1.82, 2.24) is 15.0 Å². The Morgan fingerprint density at radius 1 is 1.11 bits per heavy atom. The van der Waals surface area contributed by atoms with Crippen molar-refractivity contribution in [1.29, 1.82) is 0 Å². The van der Waals surface area contributed by atoms with Crippen molar-refractivity contribution < 1.29 is 13.2 Å². The molecule has 0 aromatic carbocycles. The van der Waals surface area contributed by atoms with Crippen LogP contribution in [0.4, 0.5) is 13.2 Å². The zero-order valence-electron chi connectivity index (χ0n) is 9.45. The van der Waals surface area contributed by atoms with Crippen LogP contribution in [0, 0.1) is 0 Å². The average molecular weight is 289 g/mol. The lowest BCUT2D eigenvalue weighted by Gasteiger charge is -2.07. The van der Waals surface area contributed by atoms with Gasteiger partial charge in [0.15, 0.2) is 5.69 Å². The normalized spacial score (nSPS) is 11.6. The van der Waals surface area contributed by atoms with Gasteiger partial charge < -0.3 is 5.73 Å². The maximum absolute atomic E-state index is 12.4. The number of aromatic nitrogens is 3. The Labute approximate surface area is 111 Å². The lowest BCUT2D eigenvalue weighted by atomic mass is 10.1. The van der Waals surface area contributed by atoms with E-state index in [1.54, 1.807) is 6.07 Å². The molecule has 0 unspecified atom stereocenters. The quantitative estimate of drug-likeness (QED) is 0.923. The Hall–Kier alpha value is -1.73. The van der Waals surface area contributed by atoms with Gasteiger partial charge in [0.05, 0.1) is 28.8 Å². The van der Waals surface area contributed by atoms with Crippen LogP contribution in [0.2, 0.25) is 5.02 Å². The van der Waals surface area contributed by atoms with E-state index in [9.17, 15) is 13.2 Å². The van der Waals surface area contributed by atoms with Crippen LogP contribution in [0.5, 0.6) is 0 Å². The number of hydrogen-bond acceptors (Lipinski definition) is 4. The Kier molecular flexibility index (Phi) is 3.68. The molecule has 100 valence electrons. The molecule has 19 heavy (non-hydrogen) atoms. The highest BCUT2D eigenvalue weighted by Crippen LogP contribution is 2.29. The number of halogens is 4. The predicted molar refractivity (Wildman–Crippen MR) is 63.2 cm³/mol. The van der Waals surface area contributed by atoms with Gasteiger partial charge in [-0.1, -0.05) is 11.6 Å². The number of alkyl halides is 3. The fraction of sp³-hybridized carbons (Fsp3) is 0.182. The third-order valence-electron chi connectivity index (χ3n) is 2.34. The van der Waals surface area contributed by atoms with Gasteiger partial charge in [0.25, 0.3) is 0 Å². The van der Waals surface area contributed by atoms with Crippen molar-refractivity contribution >= 4 is 11.6 Å². The fourth-order valence-corrected chi connectivity index (χ4v) is 1.60. The molecule has 0 saturated heterocycles. The maximum atomic E-state index is 12.4. The molecule has 0 aliphatic carbocycles. The predicted octanol–water partition coefficient (Wildman–Crippen LogP) is 2.67. The molecule has 2 aromatic rings. The minimum atomic E-state index is -4.52. The van der Waals surface area contributed by atoms with Gasteiger partial charge in [-0.25, -0.2) is 4.98 Å². The summed E-state index contributed by atoms with van der Waals surface area (Å²) in [6, 6.07) is 1.57. The lowest BCUT2D eigenvalue weighted by molar-refractivity contribution is -0.141. The zero-order valence-corrected chi connectivity index (χ0v) is 10.2. The lowest BCUT2D eigenvalue weighted by Crippen LogP contribution is -2.08. The van der Waals surface area contributed by atoms with Gasteiger partial charge in [0, 0.05) is 18.3 Å². The standard InChI is InChI=1S/C11H8ClF3N4/c12-8-3-17-6(2-16)1-7(8)9-4-19-10(5-18-9)11(13,14)15/h1,3-5H,2,16H2. The maximum Gasteiger partial charge on any atom is 0.434 e. The topological polar surface area (TPSA) is 64.7 Å². The molecule has 2 heterocycles. The largest absolute Gasteiger partial charge is 0.434 e. The van der Waals surface area contributed by atoms with Gasteiger partial charge in [0.1, 0.15) is 0 Å². The molecule has 0 atom stereocenters. The average Bonchev–Trinajstić information content (AvgIpc) is 2.38. The molecular weight excluding hydrogens is 281 g/mol. The van der Waals surface area contributed by atoms with E-state index in [0.717, 1.165) is 6.20 Å². The van der Waals surface area contributed by atoms with Gasteiger partial charge in [-0.05, 0) is 6.07 Å². The minimum absolute atomic E-state index is 0.193. The van der Waals surface area contributed by atoms with Crippen LogP contribution >= 0.6 is 11.6 Å². The molecule has 0 amide bonds. The van der Waals surface area contributed by atoms with E-state index < -0.39 is 11.9 Å². The summed E-state index contributed by atoms with van der Waals surface area (Å²) in [6.07, 6.45) is -1.47. The summed E-state index contributed by atoms with van der Waals surface area (Å²) < 4.78 is 37.1. The summed E-state index contributed by atoms with van der Waals surface area (Å²) in [4.78, 5) is 11.0. The Balaban J connectivity index is 2.42. The molecule has 0 aliphatic rings. The number of hydrogen-bond donors (Lipinski definition) is 1. The molecule has 2 aromatic heterocycles. The molecule has 0 saturated carbocycles. The van der Waals surface area contributed by atoms with E-state index >= 15 is 0 Å². The van der Waals surface area contributed by atoms with Crippen molar-refractivity contribution in [2.24, 2.45) is 5.73 Å². The summed E-state index contributed by atoms with van der Waals surface area (Å²) in [5.74, 6) is 0. The molecule has 2 rings (SSSR count). The SMILES string of the molecule is NCc1cc(-c2cnc(C(F)(F)F)cn2)c(Cl)cn1. The summed E-state index contributed by atoms with van der Waals surface area (Å²) in [5.41, 5.74) is 5.61. The second kappa shape index (κ2) is 5.10. The van der Waals surface area contributed by atoms with Crippen molar-refractivity contribution in [2.75, 3.05) is 0 Å². The van der Waals surface area contributed by atoms with E-state index in [-0.39, 0.29) is 17.3 Å². The number of rotatable bonds is 2. The first-order valence-corrected chi connectivity index (χ1v) is 5.53. The van der Waals surface area contributed by atoms with Gasteiger partial charge >= 0.3 is 6.18 Å². The Morgan fingerprint density at radius 3 is 2.37 bits per heavy atom. The number of nitrogens with zero attached hydrogens (tertiary/aromatic N) is 3. The van der Waals surface area contributed by atoms with Crippen LogP contribution < -0.4 is 5.73 Å². The van der Waals surface area contributed by atoms with E-state index in [0.29, 0.717) is 17.5 Å². The molecule has 8 heteroatoms. The van der Waals surface area contributed by atoms with E-state index in [1.807, 2.05) is 0 Å². The zero-order chi connectivity index (χ0) is 14.0. The number of nitrogens with two attached hydrogens (primary N) is 1. The van der Waals surface area contributed by atoms with E-state index in [4.69, 9.17) is 17.3 Å². The van der Waals surface area contributed by atoms with Gasteiger partial charge in [-0.15, -0.1) is 0 Å². The Morgan fingerprint density at radius 2 is 1.84 bits per heavy atom. The Bertz CT molecular complexity index is 583. The van der Waals surface area contributed by atoms with Crippen LogP contribution in [0.25, 0.3) is 11.3 Å².